The number of hydrogen-bond donors (Lipinski definition) is 0. The zero-order valence-corrected chi connectivity index (χ0v) is 21.1. The summed E-state index contributed by atoms with van der Waals surface area (Å²) >= 11 is 0. The van der Waals surface area contributed by atoms with Crippen LogP contribution in [0, 0.1) is 0 Å². The van der Waals surface area contributed by atoms with Crippen LogP contribution in [-0.2, 0) is 18.5 Å². The molecule has 0 aromatic heterocycles. The van der Waals surface area contributed by atoms with Crippen LogP contribution in [0.25, 0.3) is 10.8 Å². The number of alkyl halides is 3. The Bertz CT molecular complexity index is 1530. The summed E-state index contributed by atoms with van der Waals surface area (Å²) in [6.45, 7) is 5.05. The third-order valence-corrected chi connectivity index (χ3v) is 10.3. The van der Waals surface area contributed by atoms with Crippen LogP contribution < -0.4 is 4.74 Å². The van der Waals surface area contributed by atoms with Gasteiger partial charge in [0.15, 0.2) is 0 Å². The maximum Gasteiger partial charge on any atom is 0.524 e. The van der Waals surface area contributed by atoms with Crippen LogP contribution in [-0.4, -0.2) is 19.9 Å². The van der Waals surface area contributed by atoms with Gasteiger partial charge in [-0.15, -0.1) is 0 Å². The lowest BCUT2D eigenvalue weighted by molar-refractivity contribution is -0.129. The van der Waals surface area contributed by atoms with Crippen molar-refractivity contribution in [2.24, 2.45) is 0 Å². The minimum atomic E-state index is -6.07. The van der Waals surface area contributed by atoms with Crippen molar-refractivity contribution in [3.63, 3.8) is 0 Å². The first-order valence-electron chi connectivity index (χ1n) is 10.8. The van der Waals surface area contributed by atoms with Crippen molar-refractivity contribution in [2.75, 3.05) is 0 Å². The van der Waals surface area contributed by atoms with Gasteiger partial charge in [0, 0.05) is 31.0 Å². The van der Waals surface area contributed by atoms with Gasteiger partial charge < -0.3 is 4.74 Å². The molecular weight excluding hydrogens is 525 g/mol. The summed E-state index contributed by atoms with van der Waals surface area (Å²) < 4.78 is 77.2. The van der Waals surface area contributed by atoms with Gasteiger partial charge in [0.2, 0.25) is 0 Å². The van der Waals surface area contributed by atoms with E-state index in [2.05, 4.69) is 6.58 Å². The molecule has 0 saturated carbocycles. The molecule has 37 heavy (non-hydrogen) atoms. The molecule has 0 N–H and O–H groups in total. The van der Waals surface area contributed by atoms with Crippen LogP contribution in [0.2, 0.25) is 0 Å². The van der Waals surface area contributed by atoms with Crippen molar-refractivity contribution in [1.29, 1.82) is 0 Å². The first-order chi connectivity index (χ1) is 17.5. The molecule has 0 aliphatic heterocycles. The van der Waals surface area contributed by atoms with Crippen molar-refractivity contribution in [3.8, 4) is 5.75 Å². The van der Waals surface area contributed by atoms with Gasteiger partial charge in [-0.25, -0.2) is 4.79 Å². The number of benzene rings is 4. The summed E-state index contributed by atoms with van der Waals surface area (Å²) in [5.41, 5.74) is -5.51. The smallest absolute Gasteiger partial charge is 0.423 e. The molecule has 0 fully saturated rings. The molecule has 0 saturated heterocycles. The monoisotopic (exact) mass is 546 g/mol. The second-order valence-electron chi connectivity index (χ2n) is 7.93. The number of esters is 1. The number of carbonyl (C=O) groups excluding carboxylic acids is 1. The van der Waals surface area contributed by atoms with Gasteiger partial charge in [-0.1, -0.05) is 67.2 Å². The molecule has 5 nitrogen and oxygen atoms in total. The van der Waals surface area contributed by atoms with E-state index in [1.165, 1.54) is 43.3 Å². The van der Waals surface area contributed by atoms with Gasteiger partial charge in [0.05, 0.1) is 0 Å². The molecule has 0 radical (unpaired) electrons. The molecule has 0 bridgehead atoms. The topological polar surface area (TPSA) is 69.7 Å². The molecule has 0 aliphatic carbocycles. The van der Waals surface area contributed by atoms with Crippen LogP contribution in [0.3, 0.4) is 0 Å². The van der Waals surface area contributed by atoms with Gasteiger partial charge in [-0.05, 0) is 53.6 Å². The van der Waals surface area contributed by atoms with E-state index in [1.54, 1.807) is 60.7 Å². The van der Waals surface area contributed by atoms with E-state index in [1.807, 2.05) is 0 Å². The Morgan fingerprint density at radius 3 is 1.73 bits per heavy atom. The van der Waals surface area contributed by atoms with E-state index in [4.69, 9.17) is 8.37 Å². The third-order valence-electron chi connectivity index (χ3n) is 5.33. The summed E-state index contributed by atoms with van der Waals surface area (Å²) in [7, 11) is -9.60. The first-order valence-corrected chi connectivity index (χ1v) is 13.8. The maximum atomic E-state index is 13.7. The molecule has 10 heteroatoms. The molecule has 0 spiro atoms. The van der Waals surface area contributed by atoms with Gasteiger partial charge in [-0.3, -0.25) is 0 Å². The molecule has 0 aliphatic rings. The fourth-order valence-corrected chi connectivity index (χ4v) is 8.59. The predicted molar refractivity (Wildman–Crippen MR) is 136 cm³/mol. The first kappa shape index (κ1) is 26.5. The average molecular weight is 547 g/mol. The summed E-state index contributed by atoms with van der Waals surface area (Å²) in [6, 6.07) is 25.2. The summed E-state index contributed by atoms with van der Waals surface area (Å²) in [5.74, 6) is -0.543. The second-order valence-corrected chi connectivity index (χ2v) is 12.3. The zero-order valence-electron chi connectivity index (χ0n) is 19.4. The van der Waals surface area contributed by atoms with E-state index >= 15 is 0 Å². The largest absolute Gasteiger partial charge is 0.524 e. The number of carbonyl (C=O) groups is 1. The highest BCUT2D eigenvalue weighted by Gasteiger charge is 2.52. The highest BCUT2D eigenvalue weighted by molar-refractivity contribution is 8.33. The Morgan fingerprint density at radius 1 is 0.757 bits per heavy atom. The number of fused-ring (bicyclic) bond motifs is 1. The molecule has 4 rings (SSSR count). The second kappa shape index (κ2) is 10.0. The fourth-order valence-electron chi connectivity index (χ4n) is 3.67. The van der Waals surface area contributed by atoms with E-state index in [0.717, 1.165) is 0 Å². The molecule has 0 heterocycles. The third kappa shape index (κ3) is 5.00. The zero-order chi connectivity index (χ0) is 26.8. The van der Waals surface area contributed by atoms with Crippen LogP contribution in [0.4, 0.5) is 13.2 Å². The van der Waals surface area contributed by atoms with E-state index in [-0.39, 0.29) is 26.0 Å². The fraction of sp³-hybridized carbons (Fsp3) is 0.0741. The number of halogens is 3. The summed E-state index contributed by atoms with van der Waals surface area (Å²) in [5, 5.41) is 0.737. The number of ether oxygens (including phenoxy) is 1. The summed E-state index contributed by atoms with van der Waals surface area (Å²) in [6.07, 6.45) is 0. The van der Waals surface area contributed by atoms with Crippen molar-refractivity contribution < 1.29 is 34.7 Å². The highest BCUT2D eigenvalue weighted by atomic mass is 32.3. The van der Waals surface area contributed by atoms with Crippen molar-refractivity contribution in [2.45, 2.75) is 27.1 Å². The highest BCUT2D eigenvalue weighted by Crippen LogP contribution is 2.72. The Kier molecular flexibility index (Phi) is 7.18. The van der Waals surface area contributed by atoms with Crippen molar-refractivity contribution in [3.05, 3.63) is 109 Å². The van der Waals surface area contributed by atoms with Gasteiger partial charge in [0.1, 0.15) is 5.75 Å². The van der Waals surface area contributed by atoms with Crippen molar-refractivity contribution in [1.82, 2.24) is 0 Å². The molecule has 0 unspecified atom stereocenters. The van der Waals surface area contributed by atoms with Crippen molar-refractivity contribution >= 4 is 37.2 Å². The maximum absolute atomic E-state index is 13.7. The van der Waals surface area contributed by atoms with Crippen LogP contribution >= 0.6 is 10.3 Å². The Labute approximate surface area is 213 Å². The lowest BCUT2D eigenvalue weighted by Gasteiger charge is -2.40. The van der Waals surface area contributed by atoms with Gasteiger partial charge in [0.25, 0.3) is 0 Å². The molecular formula is C27H21F3O5S2. The normalized spacial score (nSPS) is 12.8. The average Bonchev–Trinajstić information content (AvgIpc) is 2.88. The minimum Gasteiger partial charge on any atom is -0.423 e. The van der Waals surface area contributed by atoms with E-state index in [0.29, 0.717) is 10.8 Å². The standard InChI is InChI=1S/C27H21F3O5S2/c1-19(2)26(31)34-24-17-18-25(23-16-10-9-15-22(23)24)36(20-11-5-3-6-12-20,21-13-7-4-8-14-21)35-37(32,33)27(28,29)30/h3-18H,1H2,2H3. The molecule has 192 valence electrons. The van der Waals surface area contributed by atoms with Crippen LogP contribution in [0.15, 0.2) is 124 Å². The van der Waals surface area contributed by atoms with Crippen LogP contribution in [0.1, 0.15) is 6.92 Å². The molecule has 0 amide bonds. The lowest BCUT2D eigenvalue weighted by atomic mass is 10.1. The summed E-state index contributed by atoms with van der Waals surface area (Å²) in [4.78, 5) is 12.9. The lowest BCUT2D eigenvalue weighted by Crippen LogP contribution is -2.27. The van der Waals surface area contributed by atoms with Crippen LogP contribution in [0.5, 0.6) is 5.75 Å². The number of hydrogen-bond acceptors (Lipinski definition) is 5. The van der Waals surface area contributed by atoms with E-state index < -0.39 is 31.9 Å². The quantitative estimate of drug-likeness (QED) is 0.105. The predicted octanol–water partition coefficient (Wildman–Crippen LogP) is 7.38. The molecule has 4 aromatic rings. The van der Waals surface area contributed by atoms with Gasteiger partial charge >= 0.3 is 21.6 Å². The molecule has 4 aromatic carbocycles. The Morgan fingerprint density at radius 2 is 1.24 bits per heavy atom. The van der Waals surface area contributed by atoms with E-state index in [9.17, 15) is 26.4 Å². The number of rotatable bonds is 7. The Balaban J connectivity index is 2.12. The van der Waals surface area contributed by atoms with Gasteiger partial charge in [-0.2, -0.15) is 25.2 Å². The SMILES string of the molecule is C=C(C)C(=O)Oc1ccc(S(OS(=O)(=O)C(F)(F)F)(c2ccccc2)c2ccccc2)c2ccccc12. The minimum absolute atomic E-state index is 0.139. The molecule has 0 atom stereocenters. The Hall–Kier alpha value is -3.60.